The van der Waals surface area contributed by atoms with Crippen molar-refractivity contribution < 1.29 is 19.2 Å². The van der Waals surface area contributed by atoms with Crippen LogP contribution in [0.5, 0.6) is 0 Å². The van der Waals surface area contributed by atoms with Crippen LogP contribution in [-0.2, 0) is 9.53 Å². The van der Waals surface area contributed by atoms with E-state index >= 15 is 0 Å². The second-order valence-electron chi connectivity index (χ2n) is 3.85. The van der Waals surface area contributed by atoms with Crippen LogP contribution in [0.4, 0.5) is 0 Å². The number of carbonyl (C=O) groups is 2. The number of carbonyl (C=O) groups excluding carboxylic acids is 2. The highest BCUT2D eigenvalue weighted by Gasteiger charge is 2.36. The Kier molecular flexibility index (Phi) is 6.76. The van der Waals surface area contributed by atoms with E-state index in [0.717, 1.165) is 0 Å². The van der Waals surface area contributed by atoms with E-state index in [-0.39, 0.29) is 6.61 Å². The Morgan fingerprint density at radius 3 is 2.52 bits per heavy atom. The molecule has 1 aromatic rings. The summed E-state index contributed by atoms with van der Waals surface area (Å²) in [7, 11) is 0. The van der Waals surface area contributed by atoms with Gasteiger partial charge in [-0.2, -0.15) is 0 Å². The number of nitrogens with one attached hydrogen (secondary N) is 2. The van der Waals surface area contributed by atoms with E-state index in [2.05, 4.69) is 26.8 Å². The molecular formula is C12H14BrN3O5. The molecule has 0 spiro atoms. The Bertz CT molecular complexity index is 511. The average molecular weight is 360 g/mol. The fourth-order valence-electron chi connectivity index (χ4n) is 1.40. The summed E-state index contributed by atoms with van der Waals surface area (Å²) in [6.07, 6.45) is 0. The van der Waals surface area contributed by atoms with Gasteiger partial charge in [0.15, 0.2) is 0 Å². The second-order valence-corrected chi connectivity index (χ2v) is 4.79. The molecule has 2 N–H and O–H groups in total. The summed E-state index contributed by atoms with van der Waals surface area (Å²) in [5.41, 5.74) is 4.92. The maximum absolute atomic E-state index is 11.8. The van der Waals surface area contributed by atoms with Crippen LogP contribution in [0, 0.1) is 10.1 Å². The SMILES string of the molecule is CCOC(=O)C(NNC(=O)c1ccccc1)C(Br)[N+](=O)[O-]. The van der Waals surface area contributed by atoms with E-state index in [1.165, 1.54) is 0 Å². The molecule has 2 unspecified atom stereocenters. The molecule has 0 aromatic heterocycles. The van der Waals surface area contributed by atoms with Crippen LogP contribution in [0.1, 0.15) is 17.3 Å². The van der Waals surface area contributed by atoms with Crippen molar-refractivity contribution in [1.29, 1.82) is 0 Å². The molecule has 0 radical (unpaired) electrons. The van der Waals surface area contributed by atoms with Crippen LogP contribution in [0.15, 0.2) is 30.3 Å². The molecule has 0 fully saturated rings. The van der Waals surface area contributed by atoms with Gasteiger partial charge in [0.25, 0.3) is 10.9 Å². The number of halogens is 1. The molecule has 9 heteroatoms. The van der Waals surface area contributed by atoms with Crippen LogP contribution in [0.2, 0.25) is 0 Å². The summed E-state index contributed by atoms with van der Waals surface area (Å²) in [6.45, 7) is 1.65. The van der Waals surface area contributed by atoms with E-state index in [1.54, 1.807) is 37.3 Å². The summed E-state index contributed by atoms with van der Waals surface area (Å²) >= 11 is 2.77. The average Bonchev–Trinajstić information content (AvgIpc) is 2.48. The van der Waals surface area contributed by atoms with Gasteiger partial charge >= 0.3 is 5.97 Å². The lowest BCUT2D eigenvalue weighted by Crippen LogP contribution is -2.54. The van der Waals surface area contributed by atoms with E-state index in [1.807, 2.05) is 0 Å². The molecule has 0 aliphatic carbocycles. The van der Waals surface area contributed by atoms with Gasteiger partial charge in [-0.25, -0.2) is 10.2 Å². The Hall–Kier alpha value is -2.00. The molecular weight excluding hydrogens is 346 g/mol. The second kappa shape index (κ2) is 8.32. The number of nitrogens with zero attached hydrogens (tertiary/aromatic N) is 1. The van der Waals surface area contributed by atoms with Crippen molar-refractivity contribution in [2.45, 2.75) is 17.9 Å². The molecule has 8 nitrogen and oxygen atoms in total. The third kappa shape index (κ3) is 5.12. The molecule has 0 bridgehead atoms. The molecule has 0 aliphatic rings. The molecule has 1 amide bonds. The first-order valence-electron chi connectivity index (χ1n) is 6.02. The maximum Gasteiger partial charge on any atom is 0.333 e. The predicted molar refractivity (Wildman–Crippen MR) is 77.2 cm³/mol. The lowest BCUT2D eigenvalue weighted by atomic mass is 10.2. The lowest BCUT2D eigenvalue weighted by molar-refractivity contribution is -0.495. The van der Waals surface area contributed by atoms with Gasteiger partial charge in [0.2, 0.25) is 6.04 Å². The molecule has 0 aliphatic heterocycles. The Labute approximate surface area is 129 Å². The number of nitro groups is 1. The van der Waals surface area contributed by atoms with Crippen LogP contribution in [-0.4, -0.2) is 34.4 Å². The summed E-state index contributed by atoms with van der Waals surface area (Å²) in [6, 6.07) is 6.86. The zero-order chi connectivity index (χ0) is 15.8. The zero-order valence-corrected chi connectivity index (χ0v) is 12.7. The highest BCUT2D eigenvalue weighted by atomic mass is 79.9. The first-order valence-corrected chi connectivity index (χ1v) is 6.94. The number of hydrogen-bond acceptors (Lipinski definition) is 6. The minimum absolute atomic E-state index is 0.0705. The van der Waals surface area contributed by atoms with Crippen molar-refractivity contribution in [3.05, 3.63) is 46.0 Å². The number of rotatable bonds is 7. The van der Waals surface area contributed by atoms with Crippen molar-refractivity contribution in [3.8, 4) is 0 Å². The Balaban J connectivity index is 2.71. The fraction of sp³-hybridized carbons (Fsp3) is 0.333. The number of ether oxygens (including phenoxy) is 1. The van der Waals surface area contributed by atoms with Crippen molar-refractivity contribution in [2.24, 2.45) is 0 Å². The van der Waals surface area contributed by atoms with Gasteiger partial charge in [-0.1, -0.05) is 18.2 Å². The third-order valence-electron chi connectivity index (χ3n) is 2.39. The molecule has 2 atom stereocenters. The maximum atomic E-state index is 11.8. The highest BCUT2D eigenvalue weighted by Crippen LogP contribution is 2.08. The van der Waals surface area contributed by atoms with Gasteiger partial charge in [0, 0.05) is 10.5 Å². The van der Waals surface area contributed by atoms with E-state index in [0.29, 0.717) is 5.56 Å². The topological polar surface area (TPSA) is 111 Å². The molecule has 1 rings (SSSR count). The molecule has 0 heterocycles. The first kappa shape index (κ1) is 17.1. The van der Waals surface area contributed by atoms with Crippen molar-refractivity contribution in [3.63, 3.8) is 0 Å². The summed E-state index contributed by atoms with van der Waals surface area (Å²) in [4.78, 5) is 32.1. The molecule has 114 valence electrons. The number of hydrazine groups is 1. The van der Waals surface area contributed by atoms with E-state index < -0.39 is 27.8 Å². The lowest BCUT2D eigenvalue weighted by Gasteiger charge is -2.17. The fourth-order valence-corrected chi connectivity index (χ4v) is 1.75. The number of benzene rings is 1. The largest absolute Gasteiger partial charge is 0.465 e. The molecule has 1 aromatic carbocycles. The normalized spacial score (nSPS) is 13.0. The van der Waals surface area contributed by atoms with Crippen molar-refractivity contribution >= 4 is 27.8 Å². The van der Waals surface area contributed by atoms with Crippen LogP contribution >= 0.6 is 15.9 Å². The van der Waals surface area contributed by atoms with Crippen LogP contribution in [0.3, 0.4) is 0 Å². The van der Waals surface area contributed by atoms with E-state index in [4.69, 9.17) is 4.74 Å². The van der Waals surface area contributed by atoms with Gasteiger partial charge in [-0.05, 0) is 35.0 Å². The summed E-state index contributed by atoms with van der Waals surface area (Å²) in [5.74, 6) is -1.36. The van der Waals surface area contributed by atoms with E-state index in [9.17, 15) is 19.7 Å². The van der Waals surface area contributed by atoms with Gasteiger partial charge in [0.05, 0.1) is 6.61 Å². The van der Waals surface area contributed by atoms with Gasteiger partial charge < -0.3 is 4.74 Å². The molecule has 0 saturated heterocycles. The molecule has 0 saturated carbocycles. The molecule has 21 heavy (non-hydrogen) atoms. The van der Waals surface area contributed by atoms with Gasteiger partial charge in [-0.3, -0.25) is 20.3 Å². The number of alkyl halides is 1. The van der Waals surface area contributed by atoms with Crippen LogP contribution in [0.25, 0.3) is 0 Å². The summed E-state index contributed by atoms with van der Waals surface area (Å²) < 4.78 is 4.73. The van der Waals surface area contributed by atoms with Crippen LogP contribution < -0.4 is 10.9 Å². The standard InChI is InChI=1S/C12H14BrN3O5/c1-2-21-12(18)9(10(13)16(19)20)14-15-11(17)8-6-4-3-5-7-8/h3-7,9-10,14H,2H2,1H3,(H,15,17). The first-order chi connectivity index (χ1) is 9.97. The quantitative estimate of drug-likeness (QED) is 0.245. The monoisotopic (exact) mass is 359 g/mol. The van der Waals surface area contributed by atoms with Crippen molar-refractivity contribution in [2.75, 3.05) is 6.61 Å². The summed E-state index contributed by atoms with van der Waals surface area (Å²) in [5, 5.41) is 10.8. The van der Waals surface area contributed by atoms with Crippen molar-refractivity contribution in [1.82, 2.24) is 10.9 Å². The smallest absolute Gasteiger partial charge is 0.333 e. The minimum Gasteiger partial charge on any atom is -0.465 e. The third-order valence-corrected chi connectivity index (χ3v) is 3.26. The Morgan fingerprint density at radius 2 is 2.00 bits per heavy atom. The number of esters is 1. The van der Waals surface area contributed by atoms with Gasteiger partial charge in [0.1, 0.15) is 0 Å². The predicted octanol–water partition coefficient (Wildman–Crippen LogP) is 0.850. The zero-order valence-electron chi connectivity index (χ0n) is 11.1. The minimum atomic E-state index is -1.44. The number of amides is 1. The Morgan fingerprint density at radius 1 is 1.38 bits per heavy atom. The van der Waals surface area contributed by atoms with Gasteiger partial charge in [-0.15, -0.1) is 0 Å². The number of hydrogen-bond donors (Lipinski definition) is 2. The highest BCUT2D eigenvalue weighted by molar-refractivity contribution is 9.09.